The molecule has 1 heterocycles. The Kier molecular flexibility index (Phi) is 3.57. The minimum Gasteiger partial charge on any atom is -0.298 e. The molecule has 0 radical (unpaired) electrons. The summed E-state index contributed by atoms with van der Waals surface area (Å²) in [4.78, 5) is 14.8. The molecule has 0 unspecified atom stereocenters. The molecule has 0 aliphatic rings. The second-order valence-corrected chi connectivity index (χ2v) is 4.16. The number of halogens is 4. The Morgan fingerprint density at radius 3 is 2.53 bits per heavy atom. The first-order chi connectivity index (χ1) is 8.91. The van der Waals surface area contributed by atoms with Crippen LogP contribution in [0.4, 0.5) is 13.2 Å². The van der Waals surface area contributed by atoms with Gasteiger partial charge in [-0.1, -0.05) is 23.7 Å². The van der Waals surface area contributed by atoms with E-state index in [0.717, 1.165) is 12.1 Å². The standard InChI is InChI=1S/C13H7ClF3NO/c14-11-5-4-9(7-19)12(18-11)8-2-1-3-10(6-8)13(15,16)17/h1-7H. The number of rotatable bonds is 2. The van der Waals surface area contributed by atoms with Gasteiger partial charge in [-0.05, 0) is 24.3 Å². The number of nitrogens with zero attached hydrogens (tertiary/aromatic N) is 1. The highest BCUT2D eigenvalue weighted by atomic mass is 35.5. The topological polar surface area (TPSA) is 30.0 Å². The number of hydrogen-bond acceptors (Lipinski definition) is 2. The van der Waals surface area contributed by atoms with Crippen LogP contribution < -0.4 is 0 Å². The van der Waals surface area contributed by atoms with E-state index in [2.05, 4.69) is 4.98 Å². The number of aldehydes is 1. The normalized spacial score (nSPS) is 11.4. The van der Waals surface area contributed by atoms with E-state index in [-0.39, 0.29) is 22.0 Å². The van der Waals surface area contributed by atoms with E-state index in [1.165, 1.54) is 24.3 Å². The number of benzene rings is 1. The van der Waals surface area contributed by atoms with Gasteiger partial charge in [0.25, 0.3) is 0 Å². The van der Waals surface area contributed by atoms with Gasteiger partial charge in [0.2, 0.25) is 0 Å². The quantitative estimate of drug-likeness (QED) is 0.610. The maximum atomic E-state index is 12.6. The van der Waals surface area contributed by atoms with Crippen LogP contribution in [0.2, 0.25) is 5.15 Å². The summed E-state index contributed by atoms with van der Waals surface area (Å²) in [7, 11) is 0. The zero-order valence-corrected chi connectivity index (χ0v) is 10.2. The summed E-state index contributed by atoms with van der Waals surface area (Å²) in [6, 6.07) is 7.41. The summed E-state index contributed by atoms with van der Waals surface area (Å²) in [5.74, 6) is 0. The molecule has 19 heavy (non-hydrogen) atoms. The van der Waals surface area contributed by atoms with E-state index in [4.69, 9.17) is 11.6 Å². The highest BCUT2D eigenvalue weighted by Crippen LogP contribution is 2.32. The van der Waals surface area contributed by atoms with E-state index < -0.39 is 11.7 Å². The first-order valence-corrected chi connectivity index (χ1v) is 5.59. The number of hydrogen-bond donors (Lipinski definition) is 0. The third kappa shape index (κ3) is 2.93. The van der Waals surface area contributed by atoms with Gasteiger partial charge in [0, 0.05) is 11.1 Å². The van der Waals surface area contributed by atoms with Crippen LogP contribution in [-0.2, 0) is 6.18 Å². The molecule has 0 saturated heterocycles. The summed E-state index contributed by atoms with van der Waals surface area (Å²) in [5, 5.41) is 0.109. The predicted octanol–water partition coefficient (Wildman–Crippen LogP) is 4.23. The van der Waals surface area contributed by atoms with Crippen LogP contribution in [0, 0.1) is 0 Å². The summed E-state index contributed by atoms with van der Waals surface area (Å²) in [5.41, 5.74) is -0.291. The highest BCUT2D eigenvalue weighted by Gasteiger charge is 2.30. The van der Waals surface area contributed by atoms with Gasteiger partial charge in [0.15, 0.2) is 6.29 Å². The molecule has 0 fully saturated rings. The van der Waals surface area contributed by atoms with E-state index in [9.17, 15) is 18.0 Å². The van der Waals surface area contributed by atoms with Crippen LogP contribution in [0.3, 0.4) is 0 Å². The fourth-order valence-corrected chi connectivity index (χ4v) is 1.76. The van der Waals surface area contributed by atoms with Crippen LogP contribution in [-0.4, -0.2) is 11.3 Å². The summed E-state index contributed by atoms with van der Waals surface area (Å²) in [6.45, 7) is 0. The molecule has 0 amide bonds. The van der Waals surface area contributed by atoms with Gasteiger partial charge in [-0.15, -0.1) is 0 Å². The lowest BCUT2D eigenvalue weighted by atomic mass is 10.0. The zero-order chi connectivity index (χ0) is 14.0. The Morgan fingerprint density at radius 1 is 1.16 bits per heavy atom. The number of pyridine rings is 1. The van der Waals surface area contributed by atoms with E-state index in [1.807, 2.05) is 0 Å². The molecular weight excluding hydrogens is 279 g/mol. The molecule has 1 aromatic heterocycles. The Bertz CT molecular complexity index is 626. The lowest BCUT2D eigenvalue weighted by Gasteiger charge is -2.09. The predicted molar refractivity (Wildman–Crippen MR) is 65.1 cm³/mol. The second-order valence-electron chi connectivity index (χ2n) is 3.77. The molecule has 0 bridgehead atoms. The first-order valence-electron chi connectivity index (χ1n) is 5.21. The Labute approximate surface area is 111 Å². The minimum absolute atomic E-state index is 0.109. The van der Waals surface area contributed by atoms with E-state index in [0.29, 0.717) is 6.29 Å². The fraction of sp³-hybridized carbons (Fsp3) is 0.0769. The molecule has 6 heteroatoms. The number of aromatic nitrogens is 1. The van der Waals surface area contributed by atoms with Crippen LogP contribution in [0.15, 0.2) is 36.4 Å². The molecule has 2 rings (SSSR count). The van der Waals surface area contributed by atoms with Crippen molar-refractivity contribution >= 4 is 17.9 Å². The van der Waals surface area contributed by atoms with Crippen molar-refractivity contribution in [3.63, 3.8) is 0 Å². The Balaban J connectivity index is 2.59. The molecule has 0 saturated carbocycles. The van der Waals surface area contributed by atoms with Crippen molar-refractivity contribution in [1.82, 2.24) is 4.98 Å². The van der Waals surface area contributed by atoms with Crippen LogP contribution >= 0.6 is 11.6 Å². The summed E-state index contributed by atoms with van der Waals surface area (Å²) < 4.78 is 37.9. The third-order valence-corrected chi connectivity index (χ3v) is 2.69. The van der Waals surface area contributed by atoms with Gasteiger partial charge < -0.3 is 0 Å². The second kappa shape index (κ2) is 5.01. The van der Waals surface area contributed by atoms with E-state index in [1.54, 1.807) is 0 Å². The molecule has 98 valence electrons. The monoisotopic (exact) mass is 285 g/mol. The van der Waals surface area contributed by atoms with Crippen molar-refractivity contribution in [3.8, 4) is 11.3 Å². The zero-order valence-electron chi connectivity index (χ0n) is 9.41. The molecule has 0 aliphatic carbocycles. The number of carbonyl (C=O) groups is 1. The number of carbonyl (C=O) groups excluding carboxylic acids is 1. The van der Waals surface area contributed by atoms with E-state index >= 15 is 0 Å². The largest absolute Gasteiger partial charge is 0.416 e. The maximum absolute atomic E-state index is 12.6. The molecule has 2 aromatic rings. The lowest BCUT2D eigenvalue weighted by molar-refractivity contribution is -0.137. The Hall–Kier alpha value is -1.88. The van der Waals surface area contributed by atoms with Gasteiger partial charge in [-0.2, -0.15) is 13.2 Å². The Morgan fingerprint density at radius 2 is 1.89 bits per heavy atom. The van der Waals surface area contributed by atoms with Gasteiger partial charge in [-0.25, -0.2) is 4.98 Å². The summed E-state index contributed by atoms with van der Waals surface area (Å²) in [6.07, 6.45) is -3.92. The molecule has 0 aliphatic heterocycles. The molecule has 2 nitrogen and oxygen atoms in total. The summed E-state index contributed by atoms with van der Waals surface area (Å²) >= 11 is 5.70. The van der Waals surface area contributed by atoms with Crippen molar-refractivity contribution < 1.29 is 18.0 Å². The van der Waals surface area contributed by atoms with Crippen LogP contribution in [0.5, 0.6) is 0 Å². The van der Waals surface area contributed by atoms with Crippen molar-refractivity contribution in [2.45, 2.75) is 6.18 Å². The third-order valence-electron chi connectivity index (χ3n) is 2.48. The van der Waals surface area contributed by atoms with Crippen molar-refractivity contribution in [2.24, 2.45) is 0 Å². The van der Waals surface area contributed by atoms with Crippen molar-refractivity contribution in [3.05, 3.63) is 52.7 Å². The average molecular weight is 286 g/mol. The minimum atomic E-state index is -4.45. The average Bonchev–Trinajstić information content (AvgIpc) is 2.38. The first kappa shape index (κ1) is 13.5. The molecule has 0 atom stereocenters. The fourth-order valence-electron chi connectivity index (χ4n) is 1.62. The van der Waals surface area contributed by atoms with Gasteiger partial charge >= 0.3 is 6.18 Å². The molecular formula is C13H7ClF3NO. The van der Waals surface area contributed by atoms with Gasteiger partial charge in [0.05, 0.1) is 11.3 Å². The van der Waals surface area contributed by atoms with Crippen LogP contribution in [0.25, 0.3) is 11.3 Å². The molecule has 0 spiro atoms. The molecule has 0 N–H and O–H groups in total. The molecule has 1 aromatic carbocycles. The van der Waals surface area contributed by atoms with Gasteiger partial charge in [0.1, 0.15) is 5.15 Å². The maximum Gasteiger partial charge on any atom is 0.416 e. The lowest BCUT2D eigenvalue weighted by Crippen LogP contribution is -2.05. The smallest absolute Gasteiger partial charge is 0.298 e. The number of alkyl halides is 3. The van der Waals surface area contributed by atoms with Gasteiger partial charge in [-0.3, -0.25) is 4.79 Å². The highest BCUT2D eigenvalue weighted by molar-refractivity contribution is 6.29. The van der Waals surface area contributed by atoms with Crippen molar-refractivity contribution in [1.29, 1.82) is 0 Å². The van der Waals surface area contributed by atoms with Crippen LogP contribution in [0.1, 0.15) is 15.9 Å². The SMILES string of the molecule is O=Cc1ccc(Cl)nc1-c1cccc(C(F)(F)F)c1. The van der Waals surface area contributed by atoms with Crippen molar-refractivity contribution in [2.75, 3.05) is 0 Å².